The average molecular weight is 464 g/mol. The Labute approximate surface area is 168 Å². The third kappa shape index (κ3) is 7.96. The van der Waals surface area contributed by atoms with E-state index in [1.165, 1.54) is 19.3 Å². The van der Waals surface area contributed by atoms with Crippen LogP contribution in [0.3, 0.4) is 0 Å². The molecule has 1 aromatic heterocycles. The maximum absolute atomic E-state index is 5.69. The number of halogens is 1. The number of nitrogens with zero attached hydrogens (tertiary/aromatic N) is 2. The third-order valence-corrected chi connectivity index (χ3v) is 4.29. The summed E-state index contributed by atoms with van der Waals surface area (Å²) < 4.78 is 10.8. The predicted octanol–water partition coefficient (Wildman–Crippen LogP) is 3.02. The fourth-order valence-corrected chi connectivity index (χ4v) is 3.04. The number of rotatable bonds is 9. The molecule has 0 saturated carbocycles. The van der Waals surface area contributed by atoms with Crippen molar-refractivity contribution in [3.63, 3.8) is 0 Å². The van der Waals surface area contributed by atoms with Gasteiger partial charge in [0.1, 0.15) is 5.76 Å². The minimum Gasteiger partial charge on any atom is -0.468 e. The lowest BCUT2D eigenvalue weighted by atomic mass is 10.1. The van der Waals surface area contributed by atoms with E-state index < -0.39 is 0 Å². The van der Waals surface area contributed by atoms with Crippen LogP contribution in [0.2, 0.25) is 0 Å². The zero-order valence-corrected chi connectivity index (χ0v) is 17.8. The Morgan fingerprint density at radius 3 is 2.76 bits per heavy atom. The Kier molecular flexibility index (Phi) is 11.9. The molecule has 144 valence electrons. The summed E-state index contributed by atoms with van der Waals surface area (Å²) in [6, 6.07) is 4.24. The number of nitrogens with one attached hydrogen (secondary N) is 2. The monoisotopic (exact) mass is 464 g/mol. The normalized spacial score (nSPS) is 17.0. The van der Waals surface area contributed by atoms with Crippen LogP contribution in [0.5, 0.6) is 0 Å². The van der Waals surface area contributed by atoms with E-state index in [1.807, 2.05) is 6.07 Å². The molecule has 6 nitrogen and oxygen atoms in total. The summed E-state index contributed by atoms with van der Waals surface area (Å²) >= 11 is 0. The van der Waals surface area contributed by atoms with Crippen LogP contribution in [0.15, 0.2) is 27.8 Å². The standard InChI is InChI=1S/C18H32N4O2.HI/c1-3-19-18(20-10-8-13-23-2)21-15-16(17-9-7-14-24-17)22-11-5-4-6-12-22;/h7,9,14,16H,3-6,8,10-13,15H2,1-2H3,(H2,19,20,21);1H. The van der Waals surface area contributed by atoms with Crippen molar-refractivity contribution in [2.24, 2.45) is 4.99 Å². The molecular formula is C18H33IN4O2. The summed E-state index contributed by atoms with van der Waals surface area (Å²) in [6.45, 7) is 7.50. The summed E-state index contributed by atoms with van der Waals surface area (Å²) in [4.78, 5) is 7.29. The Morgan fingerprint density at radius 2 is 2.12 bits per heavy atom. The number of likely N-dealkylation sites (tertiary alicyclic amines) is 1. The molecule has 1 aliphatic rings. The van der Waals surface area contributed by atoms with E-state index in [-0.39, 0.29) is 30.0 Å². The summed E-state index contributed by atoms with van der Waals surface area (Å²) in [5, 5.41) is 6.68. The van der Waals surface area contributed by atoms with Crippen molar-refractivity contribution >= 4 is 29.9 Å². The first-order chi connectivity index (χ1) is 11.8. The smallest absolute Gasteiger partial charge is 0.191 e. The largest absolute Gasteiger partial charge is 0.468 e. The first kappa shape index (κ1) is 22.2. The van der Waals surface area contributed by atoms with Gasteiger partial charge in [-0.2, -0.15) is 0 Å². The van der Waals surface area contributed by atoms with Gasteiger partial charge in [0, 0.05) is 26.8 Å². The van der Waals surface area contributed by atoms with E-state index in [0.717, 1.165) is 50.9 Å². The van der Waals surface area contributed by atoms with Gasteiger partial charge >= 0.3 is 0 Å². The zero-order chi connectivity index (χ0) is 17.0. The first-order valence-electron chi connectivity index (χ1n) is 9.13. The van der Waals surface area contributed by atoms with Gasteiger partial charge in [-0.05, 0) is 51.4 Å². The summed E-state index contributed by atoms with van der Waals surface area (Å²) in [5.41, 5.74) is 0. The molecule has 1 aromatic rings. The van der Waals surface area contributed by atoms with Crippen molar-refractivity contribution in [2.75, 3.05) is 46.4 Å². The highest BCUT2D eigenvalue weighted by Crippen LogP contribution is 2.25. The van der Waals surface area contributed by atoms with Crippen LogP contribution in [-0.4, -0.2) is 57.3 Å². The molecule has 2 heterocycles. The van der Waals surface area contributed by atoms with Gasteiger partial charge in [0.05, 0.1) is 18.8 Å². The van der Waals surface area contributed by atoms with Crippen molar-refractivity contribution in [3.8, 4) is 0 Å². The van der Waals surface area contributed by atoms with Gasteiger partial charge in [0.15, 0.2) is 5.96 Å². The number of hydrogen-bond acceptors (Lipinski definition) is 4. The number of aliphatic imine (C=N–C) groups is 1. The molecule has 7 heteroatoms. The highest BCUT2D eigenvalue weighted by atomic mass is 127. The van der Waals surface area contributed by atoms with Crippen LogP contribution in [-0.2, 0) is 4.74 Å². The number of ether oxygens (including phenoxy) is 1. The number of hydrogen-bond donors (Lipinski definition) is 2. The third-order valence-electron chi connectivity index (χ3n) is 4.29. The molecule has 0 bridgehead atoms. The molecular weight excluding hydrogens is 431 g/mol. The second-order valence-electron chi connectivity index (χ2n) is 6.12. The van der Waals surface area contributed by atoms with E-state index in [1.54, 1.807) is 13.4 Å². The second kappa shape index (κ2) is 13.4. The lowest BCUT2D eigenvalue weighted by Gasteiger charge is -2.32. The van der Waals surface area contributed by atoms with Crippen LogP contribution in [0.1, 0.15) is 44.4 Å². The Hall–Kier alpha value is -0.800. The van der Waals surface area contributed by atoms with E-state index in [4.69, 9.17) is 14.1 Å². The molecule has 1 aliphatic heterocycles. The SMILES string of the molecule is CCNC(=NCC(c1ccco1)N1CCCCC1)NCCCOC.I. The Bertz CT molecular complexity index is 462. The highest BCUT2D eigenvalue weighted by molar-refractivity contribution is 14.0. The van der Waals surface area contributed by atoms with Gasteiger partial charge in [0.2, 0.25) is 0 Å². The van der Waals surface area contributed by atoms with Crippen molar-refractivity contribution < 1.29 is 9.15 Å². The molecule has 1 unspecified atom stereocenters. The Morgan fingerprint density at radius 1 is 1.32 bits per heavy atom. The number of piperidine rings is 1. The quantitative estimate of drug-likeness (QED) is 0.255. The molecule has 0 spiro atoms. The maximum Gasteiger partial charge on any atom is 0.191 e. The van der Waals surface area contributed by atoms with Crippen LogP contribution >= 0.6 is 24.0 Å². The molecule has 1 saturated heterocycles. The fraction of sp³-hybridized carbons (Fsp3) is 0.722. The highest BCUT2D eigenvalue weighted by Gasteiger charge is 2.24. The number of methoxy groups -OCH3 is 1. The van der Waals surface area contributed by atoms with Gasteiger partial charge in [-0.25, -0.2) is 0 Å². The first-order valence-corrected chi connectivity index (χ1v) is 9.13. The molecule has 25 heavy (non-hydrogen) atoms. The van der Waals surface area contributed by atoms with Crippen LogP contribution in [0.25, 0.3) is 0 Å². The fourth-order valence-electron chi connectivity index (χ4n) is 3.04. The van der Waals surface area contributed by atoms with Crippen molar-refractivity contribution in [3.05, 3.63) is 24.2 Å². The topological polar surface area (TPSA) is 62.0 Å². The van der Waals surface area contributed by atoms with Gasteiger partial charge < -0.3 is 19.8 Å². The van der Waals surface area contributed by atoms with Crippen molar-refractivity contribution in [1.82, 2.24) is 15.5 Å². The molecule has 0 amide bonds. The predicted molar refractivity (Wildman–Crippen MR) is 113 cm³/mol. The molecule has 1 atom stereocenters. The van der Waals surface area contributed by atoms with E-state index >= 15 is 0 Å². The maximum atomic E-state index is 5.69. The minimum absolute atomic E-state index is 0. The molecule has 0 radical (unpaired) electrons. The van der Waals surface area contributed by atoms with Crippen LogP contribution in [0, 0.1) is 0 Å². The zero-order valence-electron chi connectivity index (χ0n) is 15.5. The lowest BCUT2D eigenvalue weighted by Crippen LogP contribution is -2.40. The lowest BCUT2D eigenvalue weighted by molar-refractivity contribution is 0.150. The minimum atomic E-state index is 0. The Balaban J connectivity index is 0.00000312. The summed E-state index contributed by atoms with van der Waals surface area (Å²) in [6.07, 6.45) is 6.57. The second-order valence-corrected chi connectivity index (χ2v) is 6.12. The van der Waals surface area contributed by atoms with Crippen LogP contribution < -0.4 is 10.6 Å². The van der Waals surface area contributed by atoms with Gasteiger partial charge in [-0.3, -0.25) is 9.89 Å². The van der Waals surface area contributed by atoms with Crippen molar-refractivity contribution in [2.45, 2.75) is 38.6 Å². The van der Waals surface area contributed by atoms with Gasteiger partial charge in [-0.1, -0.05) is 6.42 Å². The van der Waals surface area contributed by atoms with Crippen molar-refractivity contribution in [1.29, 1.82) is 0 Å². The number of guanidine groups is 1. The summed E-state index contributed by atoms with van der Waals surface area (Å²) in [5.74, 6) is 1.87. The molecule has 1 fully saturated rings. The van der Waals surface area contributed by atoms with Gasteiger partial charge in [0.25, 0.3) is 0 Å². The van der Waals surface area contributed by atoms with E-state index in [0.29, 0.717) is 6.54 Å². The van der Waals surface area contributed by atoms with E-state index in [2.05, 4.69) is 28.5 Å². The van der Waals surface area contributed by atoms with E-state index in [9.17, 15) is 0 Å². The molecule has 2 rings (SSSR count). The molecule has 0 aliphatic carbocycles. The average Bonchev–Trinajstić information content (AvgIpc) is 3.14. The molecule has 2 N–H and O–H groups in total. The van der Waals surface area contributed by atoms with Crippen LogP contribution in [0.4, 0.5) is 0 Å². The molecule has 0 aromatic carbocycles. The summed E-state index contributed by atoms with van der Waals surface area (Å²) in [7, 11) is 1.73. The van der Waals surface area contributed by atoms with Gasteiger partial charge in [-0.15, -0.1) is 24.0 Å². The number of furan rings is 1.